The van der Waals surface area contributed by atoms with Crippen molar-refractivity contribution in [1.82, 2.24) is 29.1 Å². The van der Waals surface area contributed by atoms with E-state index in [1.54, 1.807) is 0 Å². The van der Waals surface area contributed by atoms with Crippen LogP contribution in [0.2, 0.25) is 0 Å². The normalized spacial score (nSPS) is 12.6. The van der Waals surface area contributed by atoms with Gasteiger partial charge in [0.2, 0.25) is 0 Å². The highest BCUT2D eigenvalue weighted by molar-refractivity contribution is 6.20. The summed E-state index contributed by atoms with van der Waals surface area (Å²) in [5.74, 6) is 0. The molecule has 0 amide bonds. The first-order chi connectivity index (χ1) is 55.7. The molecule has 6 nitrogen and oxygen atoms in total. The zero-order valence-electron chi connectivity index (χ0n) is 62.0. The van der Waals surface area contributed by atoms with Crippen molar-refractivity contribution in [3.63, 3.8) is 0 Å². The van der Waals surface area contributed by atoms with E-state index in [2.05, 4.69) is 387 Å². The van der Waals surface area contributed by atoms with Crippen LogP contribution in [0.1, 0.15) is 25.0 Å². The molecule has 0 saturated heterocycles. The van der Waals surface area contributed by atoms with Gasteiger partial charge in [0.25, 0.3) is 0 Å². The van der Waals surface area contributed by atoms with E-state index in [-0.39, 0.29) is 5.41 Å². The minimum atomic E-state index is -0.162. The average molecular weight is 1440 g/mol. The summed E-state index contributed by atoms with van der Waals surface area (Å²) in [7, 11) is 0. The Hall–Kier alpha value is -14.7. The first-order valence-electron chi connectivity index (χ1n) is 38.9. The molecule has 0 fully saturated rings. The molecule has 0 bridgehead atoms. The monoisotopic (exact) mass is 1440 g/mol. The van der Waals surface area contributed by atoms with E-state index in [0.29, 0.717) is 0 Å². The summed E-state index contributed by atoms with van der Waals surface area (Å²) in [6, 6.07) is 137. The van der Waals surface area contributed by atoms with Gasteiger partial charge in [0.15, 0.2) is 0 Å². The lowest BCUT2D eigenvalue weighted by molar-refractivity contribution is 0.660. The van der Waals surface area contributed by atoms with Crippen LogP contribution in [0.5, 0.6) is 0 Å². The minimum Gasteiger partial charge on any atom is -0.309 e. The van der Waals surface area contributed by atoms with Gasteiger partial charge in [-0.1, -0.05) is 281 Å². The SMILES string of the molecule is CC1(C)c2ccccc2-c2ccc(-c3nc4ccccc4nc3-c3ccc4ccc(-n5c6ccc(-c7cccc(-c8ccc9nc(-c%10ccc(-n%11c%12cc%13ccccc%13cc%12c%12c(-c%13ccccc%13)cccc%12%11)c%11ccccc%10%11)c(-c%10ccc(-c%11ccccc%11)cc%10)nc9c8)c7)cc6c6cc7ccccc7cc65)cc4c3)cc21. The summed E-state index contributed by atoms with van der Waals surface area (Å²) in [5, 5.41) is 14.1. The molecule has 0 N–H and O–H groups in total. The third-order valence-electron chi connectivity index (χ3n) is 24.0. The molecule has 1 aliphatic carbocycles. The van der Waals surface area contributed by atoms with Crippen molar-refractivity contribution in [1.29, 1.82) is 0 Å². The van der Waals surface area contributed by atoms with Gasteiger partial charge < -0.3 is 9.13 Å². The maximum atomic E-state index is 5.73. The number of para-hydroxylation sites is 2. The minimum absolute atomic E-state index is 0.162. The Labute approximate surface area is 652 Å². The van der Waals surface area contributed by atoms with E-state index in [1.165, 1.54) is 76.5 Å². The van der Waals surface area contributed by atoms with E-state index in [1.807, 2.05) is 12.1 Å². The van der Waals surface area contributed by atoms with Gasteiger partial charge >= 0.3 is 0 Å². The molecule has 22 aromatic rings. The molecule has 0 aliphatic heterocycles. The van der Waals surface area contributed by atoms with Crippen LogP contribution >= 0.6 is 0 Å². The Kier molecular flexibility index (Phi) is 14.3. The molecule has 0 saturated carbocycles. The zero-order valence-corrected chi connectivity index (χ0v) is 62.0. The molecule has 4 aromatic heterocycles. The first-order valence-corrected chi connectivity index (χ1v) is 38.9. The van der Waals surface area contributed by atoms with Crippen LogP contribution in [0.15, 0.2) is 376 Å². The quantitative estimate of drug-likeness (QED) is 0.137. The molecular formula is C107H68N6. The summed E-state index contributed by atoms with van der Waals surface area (Å²) in [6.45, 7) is 4.67. The van der Waals surface area contributed by atoms with E-state index >= 15 is 0 Å². The summed E-state index contributed by atoms with van der Waals surface area (Å²) in [5.41, 5.74) is 31.8. The van der Waals surface area contributed by atoms with E-state index < -0.39 is 0 Å². The maximum absolute atomic E-state index is 5.73. The number of hydrogen-bond donors (Lipinski definition) is 0. The van der Waals surface area contributed by atoms with Gasteiger partial charge in [-0.25, -0.2) is 19.9 Å². The van der Waals surface area contributed by atoms with Crippen LogP contribution in [0.25, 0.3) is 221 Å². The average Bonchev–Trinajstić information content (AvgIpc) is 1.57. The molecule has 0 radical (unpaired) electrons. The molecule has 23 rings (SSSR count). The molecule has 18 aromatic carbocycles. The Balaban J connectivity index is 0.630. The fourth-order valence-electron chi connectivity index (χ4n) is 18.4. The van der Waals surface area contributed by atoms with Crippen molar-refractivity contribution in [3.8, 4) is 112 Å². The molecule has 6 heteroatoms. The topological polar surface area (TPSA) is 61.4 Å². The van der Waals surface area contributed by atoms with E-state index in [0.717, 1.165) is 155 Å². The number of nitrogens with zero attached hydrogens (tertiary/aromatic N) is 6. The van der Waals surface area contributed by atoms with Crippen LogP contribution in [0, 0.1) is 0 Å². The lowest BCUT2D eigenvalue weighted by atomic mass is 9.81. The molecule has 526 valence electrons. The molecule has 0 atom stereocenters. The Morgan fingerprint density at radius 1 is 0.212 bits per heavy atom. The van der Waals surface area contributed by atoms with Crippen molar-refractivity contribution in [3.05, 3.63) is 387 Å². The lowest BCUT2D eigenvalue weighted by Crippen LogP contribution is -2.15. The molecular weight excluding hydrogens is 1370 g/mol. The number of aromatic nitrogens is 6. The molecule has 0 spiro atoms. The van der Waals surface area contributed by atoms with Gasteiger partial charge in [-0.05, 0) is 214 Å². The van der Waals surface area contributed by atoms with Gasteiger partial charge in [0.05, 0.1) is 72.6 Å². The fraction of sp³-hybridized carbons (Fsp3) is 0.0280. The Morgan fingerprint density at radius 2 is 0.708 bits per heavy atom. The number of fused-ring (bicyclic) bond motifs is 15. The van der Waals surface area contributed by atoms with Gasteiger partial charge in [-0.2, -0.15) is 0 Å². The number of rotatable bonds is 10. The Morgan fingerprint density at radius 3 is 1.47 bits per heavy atom. The van der Waals surface area contributed by atoms with E-state index in [9.17, 15) is 0 Å². The van der Waals surface area contributed by atoms with Crippen molar-refractivity contribution >= 4 is 109 Å². The summed E-state index contributed by atoms with van der Waals surface area (Å²) >= 11 is 0. The standard InChI is InChI=1S/C107H68N6/c1-107(2)91-35-16-15-32-84(91)85-50-46-79(61-92(85)107)105-104(108-93-36-17-18-37-94(93)109-105)78-44-41-67-45-49-81(57-80(67)56-78)112-98-53-48-76(59-88(98)89-58-72-25-9-11-27-74(72)63-100(89)112)70-29-19-30-71(55-70)77-47-52-95-96(62-77)111-103(69-42-39-66(40-43-69)65-21-5-3-6-22-65)106(110-95)87-51-54-97(86-33-14-13-31-83(86)87)113-99-38-20-34-82(68-23-7-4-8-24-68)102(99)90-60-73-26-10-12-28-75(73)64-101(90)113/h3-64H,1-2H3. The summed E-state index contributed by atoms with van der Waals surface area (Å²) in [6.07, 6.45) is 0. The van der Waals surface area contributed by atoms with Crippen molar-refractivity contribution in [2.24, 2.45) is 0 Å². The summed E-state index contributed by atoms with van der Waals surface area (Å²) < 4.78 is 4.94. The van der Waals surface area contributed by atoms with Gasteiger partial charge in [0, 0.05) is 60.3 Å². The Bertz CT molecular complexity index is 7760. The predicted molar refractivity (Wildman–Crippen MR) is 472 cm³/mol. The van der Waals surface area contributed by atoms with E-state index in [4.69, 9.17) is 19.9 Å². The number of benzene rings is 18. The molecule has 113 heavy (non-hydrogen) atoms. The second-order valence-electron chi connectivity index (χ2n) is 30.8. The third-order valence-corrected chi connectivity index (χ3v) is 24.0. The zero-order chi connectivity index (χ0) is 74.6. The van der Waals surface area contributed by atoms with Crippen LogP contribution in [-0.4, -0.2) is 29.1 Å². The second-order valence-corrected chi connectivity index (χ2v) is 30.8. The van der Waals surface area contributed by atoms with Gasteiger partial charge in [-0.3, -0.25) is 0 Å². The van der Waals surface area contributed by atoms with Crippen LogP contribution in [0.3, 0.4) is 0 Å². The highest BCUT2D eigenvalue weighted by atomic mass is 15.0. The lowest BCUT2D eigenvalue weighted by Gasteiger charge is -2.22. The van der Waals surface area contributed by atoms with Crippen LogP contribution in [-0.2, 0) is 5.41 Å². The highest BCUT2D eigenvalue weighted by Gasteiger charge is 2.36. The molecule has 4 heterocycles. The smallest absolute Gasteiger partial charge is 0.0979 e. The first kappa shape index (κ1) is 64.3. The highest BCUT2D eigenvalue weighted by Crippen LogP contribution is 2.51. The molecule has 1 aliphatic rings. The third kappa shape index (κ3) is 10.3. The summed E-state index contributed by atoms with van der Waals surface area (Å²) in [4.78, 5) is 22.3. The van der Waals surface area contributed by atoms with Crippen molar-refractivity contribution < 1.29 is 0 Å². The fourth-order valence-corrected chi connectivity index (χ4v) is 18.4. The largest absolute Gasteiger partial charge is 0.309 e. The van der Waals surface area contributed by atoms with Crippen LogP contribution < -0.4 is 0 Å². The van der Waals surface area contributed by atoms with Crippen LogP contribution in [0.4, 0.5) is 0 Å². The van der Waals surface area contributed by atoms with Gasteiger partial charge in [0.1, 0.15) is 0 Å². The van der Waals surface area contributed by atoms with Crippen molar-refractivity contribution in [2.75, 3.05) is 0 Å². The van der Waals surface area contributed by atoms with Gasteiger partial charge in [-0.15, -0.1) is 0 Å². The van der Waals surface area contributed by atoms with Crippen molar-refractivity contribution in [2.45, 2.75) is 19.3 Å². The predicted octanol–water partition coefficient (Wildman–Crippen LogP) is 28.0. The number of hydrogen-bond acceptors (Lipinski definition) is 4. The maximum Gasteiger partial charge on any atom is 0.0979 e. The molecule has 0 unspecified atom stereocenters. The second kappa shape index (κ2) is 25.2.